The largest absolute Gasteiger partial charge is 0.314 e. The van der Waals surface area contributed by atoms with Gasteiger partial charge in [-0.1, -0.05) is 72.1 Å². The molecule has 0 aromatic rings. The van der Waals surface area contributed by atoms with Gasteiger partial charge in [0, 0.05) is 6.04 Å². The van der Waals surface area contributed by atoms with Crippen molar-refractivity contribution in [3.8, 4) is 0 Å². The molecule has 0 saturated heterocycles. The van der Waals surface area contributed by atoms with E-state index in [2.05, 4.69) is 33.0 Å². The zero-order valence-electron chi connectivity index (χ0n) is 13.4. The Morgan fingerprint density at radius 3 is 2.00 bits per heavy atom. The minimum atomic E-state index is 0.699. The van der Waals surface area contributed by atoms with Crippen molar-refractivity contribution in [1.82, 2.24) is 5.32 Å². The van der Waals surface area contributed by atoms with Gasteiger partial charge >= 0.3 is 0 Å². The van der Waals surface area contributed by atoms with Crippen molar-refractivity contribution in [2.75, 3.05) is 6.54 Å². The maximum absolute atomic E-state index is 3.59. The highest BCUT2D eigenvalue weighted by Crippen LogP contribution is 2.16. The van der Waals surface area contributed by atoms with Gasteiger partial charge in [-0.3, -0.25) is 0 Å². The quantitative estimate of drug-likeness (QED) is 0.426. The lowest BCUT2D eigenvalue weighted by molar-refractivity contribution is 0.389. The van der Waals surface area contributed by atoms with Crippen LogP contribution in [0.2, 0.25) is 0 Å². The zero-order chi connectivity index (χ0) is 13.6. The maximum atomic E-state index is 3.59. The molecule has 0 fully saturated rings. The van der Waals surface area contributed by atoms with Gasteiger partial charge in [-0.05, 0) is 32.2 Å². The summed E-state index contributed by atoms with van der Waals surface area (Å²) in [5.41, 5.74) is 0. The van der Waals surface area contributed by atoms with Crippen LogP contribution >= 0.6 is 0 Å². The summed E-state index contributed by atoms with van der Waals surface area (Å²) in [5.74, 6) is 0.889. The van der Waals surface area contributed by atoms with Gasteiger partial charge in [0.1, 0.15) is 0 Å². The lowest BCUT2D eigenvalue weighted by atomic mass is 9.96. The summed E-state index contributed by atoms with van der Waals surface area (Å²) in [6.07, 6.45) is 14.0. The molecule has 0 rings (SSSR count). The molecule has 18 heavy (non-hydrogen) atoms. The second kappa shape index (κ2) is 13.4. The van der Waals surface area contributed by atoms with Crippen molar-refractivity contribution in [2.45, 2.75) is 97.9 Å². The van der Waals surface area contributed by atoms with Gasteiger partial charge in [-0.15, -0.1) is 0 Å². The van der Waals surface area contributed by atoms with Gasteiger partial charge in [0.15, 0.2) is 0 Å². The smallest absolute Gasteiger partial charge is 0.00412 e. The zero-order valence-corrected chi connectivity index (χ0v) is 13.4. The second-order valence-corrected chi connectivity index (χ2v) is 6.11. The Morgan fingerprint density at radius 1 is 0.778 bits per heavy atom. The molecule has 2 atom stereocenters. The summed E-state index contributed by atoms with van der Waals surface area (Å²) in [5, 5.41) is 3.59. The SMILES string of the molecule is CCCCCCCCCC(C)CC(C)NCCC. The van der Waals surface area contributed by atoms with Crippen molar-refractivity contribution in [2.24, 2.45) is 5.92 Å². The van der Waals surface area contributed by atoms with Crippen LogP contribution in [0.15, 0.2) is 0 Å². The van der Waals surface area contributed by atoms with E-state index >= 15 is 0 Å². The van der Waals surface area contributed by atoms with Crippen molar-refractivity contribution in [3.63, 3.8) is 0 Å². The van der Waals surface area contributed by atoms with Gasteiger partial charge < -0.3 is 5.32 Å². The van der Waals surface area contributed by atoms with E-state index in [0.717, 1.165) is 5.92 Å². The summed E-state index contributed by atoms with van der Waals surface area (Å²) in [7, 11) is 0. The van der Waals surface area contributed by atoms with Crippen LogP contribution in [0.4, 0.5) is 0 Å². The third-order valence-electron chi connectivity index (χ3n) is 3.80. The Balaban J connectivity index is 3.28. The summed E-state index contributed by atoms with van der Waals surface area (Å²) in [4.78, 5) is 0. The summed E-state index contributed by atoms with van der Waals surface area (Å²) in [6, 6.07) is 0.699. The summed E-state index contributed by atoms with van der Waals surface area (Å²) < 4.78 is 0. The molecule has 0 amide bonds. The molecule has 2 unspecified atom stereocenters. The van der Waals surface area contributed by atoms with Crippen LogP contribution in [0.3, 0.4) is 0 Å². The summed E-state index contributed by atoms with van der Waals surface area (Å²) >= 11 is 0. The highest BCUT2D eigenvalue weighted by atomic mass is 14.9. The molecule has 110 valence electrons. The second-order valence-electron chi connectivity index (χ2n) is 6.11. The van der Waals surface area contributed by atoms with Crippen molar-refractivity contribution in [1.29, 1.82) is 0 Å². The van der Waals surface area contributed by atoms with E-state index in [9.17, 15) is 0 Å². The molecule has 1 heteroatoms. The molecule has 1 nitrogen and oxygen atoms in total. The van der Waals surface area contributed by atoms with E-state index in [-0.39, 0.29) is 0 Å². The van der Waals surface area contributed by atoms with Gasteiger partial charge in [0.25, 0.3) is 0 Å². The number of rotatable bonds is 13. The molecular formula is C17H37N. The Hall–Kier alpha value is -0.0400. The molecule has 0 spiro atoms. The summed E-state index contributed by atoms with van der Waals surface area (Å²) in [6.45, 7) is 10.4. The average molecular weight is 255 g/mol. The predicted octanol–water partition coefficient (Wildman–Crippen LogP) is 5.54. The molecular weight excluding hydrogens is 218 g/mol. The van der Waals surface area contributed by atoms with Crippen LogP contribution in [0, 0.1) is 5.92 Å². The maximum Gasteiger partial charge on any atom is 0.00412 e. The number of hydrogen-bond donors (Lipinski definition) is 1. The molecule has 1 N–H and O–H groups in total. The lowest BCUT2D eigenvalue weighted by Crippen LogP contribution is -2.28. The molecule has 0 heterocycles. The molecule has 0 aliphatic heterocycles. The third kappa shape index (κ3) is 12.4. The van der Waals surface area contributed by atoms with Crippen molar-refractivity contribution in [3.05, 3.63) is 0 Å². The first-order chi connectivity index (χ1) is 8.70. The fourth-order valence-electron chi connectivity index (χ4n) is 2.65. The van der Waals surface area contributed by atoms with E-state index in [1.165, 1.54) is 70.8 Å². The molecule has 0 aromatic heterocycles. The normalized spacial score (nSPS) is 14.7. The van der Waals surface area contributed by atoms with Crippen LogP contribution in [-0.4, -0.2) is 12.6 Å². The predicted molar refractivity (Wildman–Crippen MR) is 84.1 cm³/mol. The van der Waals surface area contributed by atoms with E-state index < -0.39 is 0 Å². The Labute approximate surface area is 116 Å². The highest BCUT2D eigenvalue weighted by molar-refractivity contribution is 4.65. The number of nitrogens with one attached hydrogen (secondary N) is 1. The Morgan fingerprint density at radius 2 is 1.39 bits per heavy atom. The topological polar surface area (TPSA) is 12.0 Å². The first-order valence-corrected chi connectivity index (χ1v) is 8.44. The fraction of sp³-hybridized carbons (Fsp3) is 1.00. The first kappa shape index (κ1) is 18.0. The number of unbranched alkanes of at least 4 members (excludes halogenated alkanes) is 6. The first-order valence-electron chi connectivity index (χ1n) is 8.44. The molecule has 0 bridgehead atoms. The van der Waals surface area contributed by atoms with Gasteiger partial charge in [-0.2, -0.15) is 0 Å². The van der Waals surface area contributed by atoms with Crippen LogP contribution < -0.4 is 5.32 Å². The van der Waals surface area contributed by atoms with Gasteiger partial charge in [-0.25, -0.2) is 0 Å². The minimum absolute atomic E-state index is 0.699. The average Bonchev–Trinajstić information content (AvgIpc) is 2.35. The number of hydrogen-bond acceptors (Lipinski definition) is 1. The van der Waals surface area contributed by atoms with Crippen LogP contribution in [-0.2, 0) is 0 Å². The van der Waals surface area contributed by atoms with E-state index in [1.54, 1.807) is 0 Å². The Bertz CT molecular complexity index is 156. The molecule has 0 aliphatic rings. The monoisotopic (exact) mass is 255 g/mol. The van der Waals surface area contributed by atoms with E-state index in [1.807, 2.05) is 0 Å². The molecule has 0 radical (unpaired) electrons. The Kier molecular flexibility index (Phi) is 13.4. The standard InChI is InChI=1S/C17H37N/c1-5-7-8-9-10-11-12-13-16(3)15-17(4)18-14-6-2/h16-18H,5-15H2,1-4H3. The lowest BCUT2D eigenvalue weighted by Gasteiger charge is -2.18. The van der Waals surface area contributed by atoms with Crippen LogP contribution in [0.25, 0.3) is 0 Å². The van der Waals surface area contributed by atoms with E-state index in [0.29, 0.717) is 6.04 Å². The van der Waals surface area contributed by atoms with Crippen LogP contribution in [0.5, 0.6) is 0 Å². The third-order valence-corrected chi connectivity index (χ3v) is 3.80. The highest BCUT2D eigenvalue weighted by Gasteiger charge is 2.07. The van der Waals surface area contributed by atoms with Crippen molar-refractivity contribution >= 4 is 0 Å². The molecule has 0 saturated carbocycles. The minimum Gasteiger partial charge on any atom is -0.314 e. The van der Waals surface area contributed by atoms with Crippen LogP contribution in [0.1, 0.15) is 91.9 Å². The fourth-order valence-corrected chi connectivity index (χ4v) is 2.65. The van der Waals surface area contributed by atoms with Gasteiger partial charge in [0.05, 0.1) is 0 Å². The molecule has 0 aliphatic carbocycles. The molecule has 0 aromatic carbocycles. The van der Waals surface area contributed by atoms with E-state index in [4.69, 9.17) is 0 Å². The van der Waals surface area contributed by atoms with Crippen molar-refractivity contribution < 1.29 is 0 Å². The van der Waals surface area contributed by atoms with Gasteiger partial charge in [0.2, 0.25) is 0 Å².